The number of amides is 1. The molecular formula is C13H12Cl2N2O. The number of aromatic amines is 1. The zero-order chi connectivity index (χ0) is 13.0. The fourth-order valence-corrected chi connectivity index (χ4v) is 1.89. The molecule has 2 aromatic rings. The summed E-state index contributed by atoms with van der Waals surface area (Å²) >= 11 is 11.7. The highest BCUT2D eigenvalue weighted by Crippen LogP contribution is 2.22. The van der Waals surface area contributed by atoms with E-state index in [1.165, 1.54) is 0 Å². The minimum absolute atomic E-state index is 0.0467. The van der Waals surface area contributed by atoms with Crippen LogP contribution >= 0.6 is 23.2 Å². The van der Waals surface area contributed by atoms with Gasteiger partial charge in [-0.05, 0) is 29.3 Å². The third-order valence-electron chi connectivity index (χ3n) is 2.50. The number of benzene rings is 1. The smallest absolute Gasteiger partial charge is 0.224 e. The molecule has 1 heterocycles. The number of nitrogens with one attached hydrogen (secondary N) is 2. The molecule has 0 saturated carbocycles. The van der Waals surface area contributed by atoms with Crippen molar-refractivity contribution in [2.75, 3.05) is 0 Å². The standard InChI is InChI=1S/C13H12Cl2N2O/c14-11-2-1-9(5-12(11)15)6-13(18)17-8-10-3-4-16-7-10/h1-5,7,16H,6,8H2,(H,17,18). The summed E-state index contributed by atoms with van der Waals surface area (Å²) in [7, 11) is 0. The van der Waals surface area contributed by atoms with Crippen LogP contribution in [0.3, 0.4) is 0 Å². The number of hydrogen-bond acceptors (Lipinski definition) is 1. The minimum Gasteiger partial charge on any atom is -0.367 e. The van der Waals surface area contributed by atoms with Crippen LogP contribution in [0, 0.1) is 0 Å². The van der Waals surface area contributed by atoms with Gasteiger partial charge < -0.3 is 10.3 Å². The largest absolute Gasteiger partial charge is 0.367 e. The van der Waals surface area contributed by atoms with E-state index in [9.17, 15) is 4.79 Å². The summed E-state index contributed by atoms with van der Waals surface area (Å²) in [6.45, 7) is 0.518. The van der Waals surface area contributed by atoms with E-state index in [0.717, 1.165) is 11.1 Å². The molecule has 0 aliphatic rings. The molecule has 0 spiro atoms. The molecule has 1 aromatic heterocycles. The van der Waals surface area contributed by atoms with Crippen LogP contribution in [-0.2, 0) is 17.8 Å². The van der Waals surface area contributed by atoms with E-state index in [4.69, 9.17) is 23.2 Å². The molecule has 0 aliphatic carbocycles. The van der Waals surface area contributed by atoms with Gasteiger partial charge in [0.2, 0.25) is 5.91 Å². The van der Waals surface area contributed by atoms with Gasteiger partial charge in [-0.15, -0.1) is 0 Å². The second-order valence-electron chi connectivity index (χ2n) is 3.92. The van der Waals surface area contributed by atoms with Gasteiger partial charge in [-0.1, -0.05) is 29.3 Å². The Morgan fingerprint density at radius 1 is 1.17 bits per heavy atom. The van der Waals surface area contributed by atoms with Crippen molar-refractivity contribution in [1.29, 1.82) is 0 Å². The summed E-state index contributed by atoms with van der Waals surface area (Å²) in [4.78, 5) is 14.6. The number of aromatic nitrogens is 1. The van der Waals surface area contributed by atoms with Crippen molar-refractivity contribution in [1.82, 2.24) is 10.3 Å². The van der Waals surface area contributed by atoms with Crippen molar-refractivity contribution in [2.24, 2.45) is 0 Å². The van der Waals surface area contributed by atoms with Gasteiger partial charge in [-0.2, -0.15) is 0 Å². The number of rotatable bonds is 4. The first-order valence-electron chi connectivity index (χ1n) is 5.47. The van der Waals surface area contributed by atoms with Crippen LogP contribution in [0.25, 0.3) is 0 Å². The molecule has 0 unspecified atom stereocenters. The molecule has 0 radical (unpaired) electrons. The SMILES string of the molecule is O=C(Cc1ccc(Cl)c(Cl)c1)NCc1cc[nH]c1. The van der Waals surface area contributed by atoms with Crippen LogP contribution in [0.5, 0.6) is 0 Å². The van der Waals surface area contributed by atoms with E-state index in [2.05, 4.69) is 10.3 Å². The fraction of sp³-hybridized carbons (Fsp3) is 0.154. The van der Waals surface area contributed by atoms with Crippen molar-refractivity contribution in [3.8, 4) is 0 Å². The average Bonchev–Trinajstić information content (AvgIpc) is 2.84. The third kappa shape index (κ3) is 3.52. The van der Waals surface area contributed by atoms with Gasteiger partial charge in [-0.3, -0.25) is 4.79 Å². The van der Waals surface area contributed by atoms with E-state index in [-0.39, 0.29) is 5.91 Å². The van der Waals surface area contributed by atoms with Crippen molar-refractivity contribution in [3.05, 3.63) is 57.8 Å². The zero-order valence-electron chi connectivity index (χ0n) is 9.54. The van der Waals surface area contributed by atoms with Crippen molar-refractivity contribution in [2.45, 2.75) is 13.0 Å². The molecule has 0 fully saturated rings. The van der Waals surface area contributed by atoms with E-state index < -0.39 is 0 Å². The Morgan fingerprint density at radius 2 is 2.00 bits per heavy atom. The molecule has 0 bridgehead atoms. The summed E-state index contributed by atoms with van der Waals surface area (Å²) in [6, 6.07) is 7.11. The maximum absolute atomic E-state index is 11.7. The molecule has 0 aliphatic heterocycles. The molecule has 0 atom stereocenters. The Bertz CT molecular complexity index is 538. The quantitative estimate of drug-likeness (QED) is 0.889. The first kappa shape index (κ1) is 13.0. The Hall–Kier alpha value is -1.45. The van der Waals surface area contributed by atoms with Gasteiger partial charge in [0.15, 0.2) is 0 Å². The second kappa shape index (κ2) is 5.94. The molecule has 1 aromatic carbocycles. The summed E-state index contributed by atoms with van der Waals surface area (Å²) in [5.41, 5.74) is 1.88. The van der Waals surface area contributed by atoms with Crippen LogP contribution in [-0.4, -0.2) is 10.9 Å². The molecule has 94 valence electrons. The highest BCUT2D eigenvalue weighted by atomic mass is 35.5. The summed E-state index contributed by atoms with van der Waals surface area (Å²) in [5.74, 6) is -0.0467. The molecule has 1 amide bonds. The Morgan fingerprint density at radius 3 is 2.67 bits per heavy atom. The number of H-pyrrole nitrogens is 1. The van der Waals surface area contributed by atoms with Crippen LogP contribution in [0.2, 0.25) is 10.0 Å². The van der Waals surface area contributed by atoms with Crippen LogP contribution in [0.15, 0.2) is 36.7 Å². The van der Waals surface area contributed by atoms with Gasteiger partial charge in [0.25, 0.3) is 0 Å². The van der Waals surface area contributed by atoms with Crippen molar-refractivity contribution < 1.29 is 4.79 Å². The van der Waals surface area contributed by atoms with E-state index in [0.29, 0.717) is 23.0 Å². The third-order valence-corrected chi connectivity index (χ3v) is 3.24. The molecular weight excluding hydrogens is 271 g/mol. The number of carbonyl (C=O) groups excluding carboxylic acids is 1. The lowest BCUT2D eigenvalue weighted by Crippen LogP contribution is -2.24. The van der Waals surface area contributed by atoms with Gasteiger partial charge in [0.1, 0.15) is 0 Å². The van der Waals surface area contributed by atoms with E-state index in [1.54, 1.807) is 18.2 Å². The second-order valence-corrected chi connectivity index (χ2v) is 4.74. The predicted molar refractivity (Wildman–Crippen MR) is 72.8 cm³/mol. The van der Waals surface area contributed by atoms with Gasteiger partial charge in [-0.25, -0.2) is 0 Å². The number of halogens is 2. The first-order valence-corrected chi connectivity index (χ1v) is 6.23. The highest BCUT2D eigenvalue weighted by Gasteiger charge is 2.05. The van der Waals surface area contributed by atoms with Gasteiger partial charge in [0.05, 0.1) is 16.5 Å². The van der Waals surface area contributed by atoms with Gasteiger partial charge >= 0.3 is 0 Å². The maximum atomic E-state index is 11.7. The average molecular weight is 283 g/mol. The topological polar surface area (TPSA) is 44.9 Å². The summed E-state index contributed by atoms with van der Waals surface area (Å²) in [6.07, 6.45) is 3.96. The number of carbonyl (C=O) groups is 1. The number of hydrogen-bond donors (Lipinski definition) is 2. The Kier molecular flexibility index (Phi) is 4.28. The highest BCUT2D eigenvalue weighted by molar-refractivity contribution is 6.42. The lowest BCUT2D eigenvalue weighted by Gasteiger charge is -2.05. The molecule has 2 N–H and O–H groups in total. The van der Waals surface area contributed by atoms with Crippen LogP contribution in [0.1, 0.15) is 11.1 Å². The summed E-state index contributed by atoms with van der Waals surface area (Å²) < 4.78 is 0. The van der Waals surface area contributed by atoms with Crippen LogP contribution < -0.4 is 5.32 Å². The monoisotopic (exact) mass is 282 g/mol. The van der Waals surface area contributed by atoms with Gasteiger partial charge in [0, 0.05) is 18.9 Å². The fourth-order valence-electron chi connectivity index (χ4n) is 1.57. The lowest BCUT2D eigenvalue weighted by molar-refractivity contribution is -0.120. The molecule has 2 rings (SSSR count). The van der Waals surface area contributed by atoms with E-state index >= 15 is 0 Å². The minimum atomic E-state index is -0.0467. The zero-order valence-corrected chi connectivity index (χ0v) is 11.1. The summed E-state index contributed by atoms with van der Waals surface area (Å²) in [5, 5.41) is 3.79. The van der Waals surface area contributed by atoms with Crippen LogP contribution in [0.4, 0.5) is 0 Å². The first-order chi connectivity index (χ1) is 8.65. The van der Waals surface area contributed by atoms with Crippen molar-refractivity contribution in [3.63, 3.8) is 0 Å². The lowest BCUT2D eigenvalue weighted by atomic mass is 10.1. The van der Waals surface area contributed by atoms with Crippen molar-refractivity contribution >= 4 is 29.1 Å². The molecule has 18 heavy (non-hydrogen) atoms. The molecule has 3 nitrogen and oxygen atoms in total. The molecule has 0 saturated heterocycles. The van der Waals surface area contributed by atoms with E-state index in [1.807, 2.05) is 18.5 Å². The molecule has 5 heteroatoms. The maximum Gasteiger partial charge on any atom is 0.224 e. The predicted octanol–water partition coefficient (Wildman–Crippen LogP) is 3.18. The Labute approximate surface area is 115 Å². The normalized spacial score (nSPS) is 10.3. The Balaban J connectivity index is 1.88.